The smallest absolute Gasteiger partial charge is 0.252 e. The molecule has 0 saturated heterocycles. The van der Waals surface area contributed by atoms with Crippen molar-refractivity contribution < 1.29 is 0 Å². The van der Waals surface area contributed by atoms with Gasteiger partial charge < -0.3 is 14.4 Å². The minimum Gasteiger partial charge on any atom is -0.334 e. The van der Waals surface area contributed by atoms with Crippen molar-refractivity contribution in [1.29, 1.82) is 0 Å². The fourth-order valence-corrected chi connectivity index (χ4v) is 13.5. The molecule has 4 heteroatoms. The summed E-state index contributed by atoms with van der Waals surface area (Å²) in [6, 6.07) is 47.6. The highest BCUT2D eigenvalue weighted by atomic mass is 15.3. The summed E-state index contributed by atoms with van der Waals surface area (Å²) >= 11 is 0. The predicted molar refractivity (Wildman–Crippen MR) is 226 cm³/mol. The number of fused-ring (bicyclic) bond motifs is 15. The van der Waals surface area contributed by atoms with Crippen LogP contribution in [-0.4, -0.2) is 16.8 Å². The maximum atomic E-state index is 2.87. The van der Waals surface area contributed by atoms with E-state index in [-0.39, 0.29) is 28.6 Å². The third-order valence-electron chi connectivity index (χ3n) is 16.4. The Morgan fingerprint density at radius 1 is 0.556 bits per heavy atom. The van der Waals surface area contributed by atoms with E-state index in [1.54, 1.807) is 0 Å². The van der Waals surface area contributed by atoms with Gasteiger partial charge in [0.05, 0.1) is 16.6 Å². The molecule has 1 aromatic heterocycles. The molecule has 262 valence electrons. The number of rotatable bonds is 1. The van der Waals surface area contributed by atoms with Gasteiger partial charge >= 0.3 is 0 Å². The summed E-state index contributed by atoms with van der Waals surface area (Å²) in [6.07, 6.45) is 7.22. The molecule has 54 heavy (non-hydrogen) atoms. The van der Waals surface area contributed by atoms with Crippen LogP contribution in [0.3, 0.4) is 0 Å². The Hall–Kier alpha value is -5.22. The molecule has 0 bridgehead atoms. The first-order valence-corrected chi connectivity index (χ1v) is 20.4. The average Bonchev–Trinajstić information content (AvgIpc) is 3.73. The van der Waals surface area contributed by atoms with Crippen LogP contribution in [0.4, 0.5) is 22.7 Å². The van der Waals surface area contributed by atoms with Gasteiger partial charge in [0.2, 0.25) is 0 Å². The lowest BCUT2D eigenvalue weighted by atomic mass is 9.33. The molecule has 6 aromatic carbocycles. The zero-order valence-corrected chi connectivity index (χ0v) is 31.7. The van der Waals surface area contributed by atoms with Crippen LogP contribution in [0.1, 0.15) is 82.1 Å². The number of anilines is 4. The lowest BCUT2D eigenvalue weighted by Gasteiger charge is -2.53. The molecule has 1 saturated carbocycles. The molecule has 0 spiro atoms. The van der Waals surface area contributed by atoms with Crippen LogP contribution in [0, 0.1) is 0 Å². The number of para-hydroxylation sites is 4. The molecule has 6 aliphatic rings. The fourth-order valence-electron chi connectivity index (χ4n) is 13.5. The van der Waals surface area contributed by atoms with Gasteiger partial charge in [0.25, 0.3) is 6.71 Å². The number of nitrogens with zero attached hydrogens (tertiary/aromatic N) is 3. The summed E-state index contributed by atoms with van der Waals surface area (Å²) in [5.41, 5.74) is 19.7. The zero-order valence-electron chi connectivity index (χ0n) is 31.7. The standard InChI is InChI=1S/C50H44BN3/c1-47-26-11-12-27-49(47,3)53(41-24-10-8-19-36(41)47)32-29-42-44-43(30-32)54-46-37(48(2)28-25-31-15-5-7-18-35(31)50(48,54)4)20-14-22-39(46)51(44)38-21-13-17-34-33-16-6-9-23-40(33)52(42)45(34)38/h5-10,13-24,29-30H,11-12,25-28H2,1-4H3. The lowest BCUT2D eigenvalue weighted by Crippen LogP contribution is -2.63. The third kappa shape index (κ3) is 3.07. The lowest BCUT2D eigenvalue weighted by molar-refractivity contribution is 0.195. The molecule has 5 heterocycles. The number of aryl methyl sites for hydroxylation is 1. The van der Waals surface area contributed by atoms with E-state index in [0.717, 1.165) is 12.8 Å². The van der Waals surface area contributed by atoms with Crippen molar-refractivity contribution in [3.05, 3.63) is 144 Å². The van der Waals surface area contributed by atoms with E-state index < -0.39 is 0 Å². The van der Waals surface area contributed by atoms with Gasteiger partial charge in [0, 0.05) is 55.6 Å². The summed E-state index contributed by atoms with van der Waals surface area (Å²) in [5, 5.41) is 2.69. The highest BCUT2D eigenvalue weighted by Gasteiger charge is 2.63. The van der Waals surface area contributed by atoms with Crippen molar-refractivity contribution in [2.75, 3.05) is 9.80 Å². The summed E-state index contributed by atoms with van der Waals surface area (Å²) < 4.78 is 2.66. The largest absolute Gasteiger partial charge is 0.334 e. The highest BCUT2D eigenvalue weighted by molar-refractivity contribution is 7.00. The molecule has 4 aliphatic heterocycles. The van der Waals surface area contributed by atoms with Gasteiger partial charge in [-0.1, -0.05) is 124 Å². The second-order valence-electron chi connectivity index (χ2n) is 18.2. The second kappa shape index (κ2) is 9.53. The van der Waals surface area contributed by atoms with Crippen molar-refractivity contribution in [3.63, 3.8) is 0 Å². The van der Waals surface area contributed by atoms with E-state index >= 15 is 0 Å². The van der Waals surface area contributed by atoms with Gasteiger partial charge in [-0.2, -0.15) is 0 Å². The minimum atomic E-state index is -0.255. The van der Waals surface area contributed by atoms with Crippen LogP contribution in [0.15, 0.2) is 121 Å². The molecule has 4 atom stereocenters. The molecule has 0 amide bonds. The normalized spacial score (nSPS) is 27.7. The fraction of sp³-hybridized carbons (Fsp3) is 0.280. The topological polar surface area (TPSA) is 11.4 Å². The van der Waals surface area contributed by atoms with Gasteiger partial charge in [-0.3, -0.25) is 0 Å². The van der Waals surface area contributed by atoms with Crippen LogP contribution in [0.5, 0.6) is 0 Å². The Bertz CT molecular complexity index is 2850. The molecule has 1 fully saturated rings. The average molecular weight is 698 g/mol. The summed E-state index contributed by atoms with van der Waals surface area (Å²) in [5.74, 6) is 0. The summed E-state index contributed by atoms with van der Waals surface area (Å²) in [6.45, 7) is 10.5. The van der Waals surface area contributed by atoms with Crippen molar-refractivity contribution in [2.24, 2.45) is 0 Å². The number of aromatic nitrogens is 1. The van der Waals surface area contributed by atoms with E-state index in [1.165, 1.54) is 115 Å². The Labute approximate surface area is 318 Å². The first kappa shape index (κ1) is 30.1. The Morgan fingerprint density at radius 2 is 1.26 bits per heavy atom. The van der Waals surface area contributed by atoms with E-state index in [1.807, 2.05) is 0 Å². The van der Waals surface area contributed by atoms with Crippen molar-refractivity contribution in [1.82, 2.24) is 4.57 Å². The molecule has 3 nitrogen and oxygen atoms in total. The minimum absolute atomic E-state index is 0.0332. The van der Waals surface area contributed by atoms with Gasteiger partial charge in [0.1, 0.15) is 0 Å². The van der Waals surface area contributed by atoms with Crippen molar-refractivity contribution in [3.8, 4) is 5.69 Å². The van der Waals surface area contributed by atoms with E-state index in [4.69, 9.17) is 0 Å². The number of hydrogen-bond donors (Lipinski definition) is 0. The molecule has 0 radical (unpaired) electrons. The van der Waals surface area contributed by atoms with E-state index in [9.17, 15) is 0 Å². The first-order valence-electron chi connectivity index (χ1n) is 20.4. The third-order valence-corrected chi connectivity index (χ3v) is 16.4. The van der Waals surface area contributed by atoms with E-state index in [0.29, 0.717) is 0 Å². The first-order chi connectivity index (χ1) is 26.3. The molecular weight excluding hydrogens is 653 g/mol. The number of hydrogen-bond acceptors (Lipinski definition) is 2. The van der Waals surface area contributed by atoms with Crippen LogP contribution in [0.25, 0.3) is 27.5 Å². The molecule has 7 aromatic rings. The maximum Gasteiger partial charge on any atom is 0.252 e. The number of benzene rings is 6. The van der Waals surface area contributed by atoms with Gasteiger partial charge in [0.15, 0.2) is 0 Å². The van der Waals surface area contributed by atoms with Gasteiger partial charge in [-0.25, -0.2) is 0 Å². The van der Waals surface area contributed by atoms with Crippen LogP contribution < -0.4 is 26.2 Å². The molecule has 13 rings (SSSR count). The van der Waals surface area contributed by atoms with Crippen LogP contribution in [-0.2, 0) is 22.8 Å². The summed E-state index contributed by atoms with van der Waals surface area (Å²) in [4.78, 5) is 5.68. The highest BCUT2D eigenvalue weighted by Crippen LogP contribution is 2.65. The molecule has 2 aliphatic carbocycles. The SMILES string of the molecule is CC12CCCCC1(C)N(c1cc3c4c(c1)-n1c5ccccc5c5cccc(c51)B4c1cccc4c1N3C1(C)c3ccccc3CCC41C)c1ccccc12. The maximum absolute atomic E-state index is 2.87. The Balaban J connectivity index is 1.21. The van der Waals surface area contributed by atoms with Crippen LogP contribution >= 0.6 is 0 Å². The van der Waals surface area contributed by atoms with Gasteiger partial charge in [-0.05, 0) is 102 Å². The van der Waals surface area contributed by atoms with Crippen molar-refractivity contribution in [2.45, 2.75) is 88.1 Å². The molecule has 4 unspecified atom stereocenters. The predicted octanol–water partition coefficient (Wildman–Crippen LogP) is 9.94. The summed E-state index contributed by atoms with van der Waals surface area (Å²) in [7, 11) is 0. The Kier molecular flexibility index (Phi) is 5.32. The zero-order chi connectivity index (χ0) is 35.9. The quantitative estimate of drug-likeness (QED) is 0.158. The van der Waals surface area contributed by atoms with Gasteiger partial charge in [-0.15, -0.1) is 0 Å². The monoisotopic (exact) mass is 697 g/mol. The van der Waals surface area contributed by atoms with Crippen LogP contribution in [0.2, 0.25) is 0 Å². The Morgan fingerprint density at radius 3 is 2.17 bits per heavy atom. The van der Waals surface area contributed by atoms with E-state index in [2.05, 4.69) is 163 Å². The molecule has 0 N–H and O–H groups in total. The molecular formula is C50H44BN3. The second-order valence-corrected chi connectivity index (χ2v) is 18.2. The van der Waals surface area contributed by atoms with Crippen molar-refractivity contribution >= 4 is 67.7 Å².